The molecule has 0 amide bonds. The standard InChI is InChI=1S/C47H32/c1-47(2)42-26-24-33(27-40(42)38-21-9-14-30-16-10-22-43(47)45(30)38)35-19-8-15-31-23-25-39-41(44(31)35)28-32-12-4-6-18-36(32)46(39)37-20-7-13-29-11-3-5-17-34(29)37/h3-28H,1-2H3. The quantitative estimate of drug-likeness (QED) is 0.138. The minimum absolute atomic E-state index is 0.0839. The first kappa shape index (κ1) is 26.5. The number of fused-ring (bicyclic) bond motifs is 7. The third kappa shape index (κ3) is 3.70. The van der Waals surface area contributed by atoms with Crippen LogP contribution in [-0.4, -0.2) is 0 Å². The van der Waals surface area contributed by atoms with Crippen LogP contribution in [-0.2, 0) is 5.41 Å². The van der Waals surface area contributed by atoms with Crippen molar-refractivity contribution in [2.75, 3.05) is 0 Å². The lowest BCUT2D eigenvalue weighted by Crippen LogP contribution is -2.23. The lowest BCUT2D eigenvalue weighted by Gasteiger charge is -2.35. The van der Waals surface area contributed by atoms with Crippen LogP contribution in [0.1, 0.15) is 25.0 Å². The number of hydrogen-bond acceptors (Lipinski definition) is 0. The highest BCUT2D eigenvalue weighted by Crippen LogP contribution is 2.50. The minimum atomic E-state index is -0.0839. The molecule has 0 saturated carbocycles. The summed E-state index contributed by atoms with van der Waals surface area (Å²) in [6.07, 6.45) is 0. The molecule has 10 rings (SSSR count). The molecule has 9 aromatic rings. The van der Waals surface area contributed by atoms with Crippen LogP contribution in [0.15, 0.2) is 158 Å². The molecular weight excluding hydrogens is 565 g/mol. The van der Waals surface area contributed by atoms with Gasteiger partial charge in [-0.15, -0.1) is 0 Å². The summed E-state index contributed by atoms with van der Waals surface area (Å²) in [6, 6.07) is 59.0. The van der Waals surface area contributed by atoms with E-state index in [0.717, 1.165) is 0 Å². The highest BCUT2D eigenvalue weighted by Gasteiger charge is 2.33. The minimum Gasteiger partial charge on any atom is -0.0616 e. The van der Waals surface area contributed by atoms with Crippen molar-refractivity contribution in [3.05, 3.63) is 169 Å². The normalized spacial score (nSPS) is 13.5. The SMILES string of the molecule is CC1(C)c2ccc(-c3cccc4ccc5c(-c6cccc7ccccc67)c6ccccc6cc5c34)cc2-c2cccc3cccc1c23. The van der Waals surface area contributed by atoms with E-state index < -0.39 is 0 Å². The highest BCUT2D eigenvalue weighted by atomic mass is 14.4. The predicted molar refractivity (Wildman–Crippen MR) is 202 cm³/mol. The Labute approximate surface area is 274 Å². The zero-order valence-electron chi connectivity index (χ0n) is 26.5. The van der Waals surface area contributed by atoms with Gasteiger partial charge in [-0.1, -0.05) is 159 Å². The summed E-state index contributed by atoms with van der Waals surface area (Å²) in [5, 5.41) is 13.0. The summed E-state index contributed by atoms with van der Waals surface area (Å²) in [4.78, 5) is 0. The number of rotatable bonds is 2. The van der Waals surface area contributed by atoms with Crippen molar-refractivity contribution in [2.45, 2.75) is 19.3 Å². The third-order valence-corrected chi connectivity index (χ3v) is 10.8. The van der Waals surface area contributed by atoms with Crippen LogP contribution in [0.3, 0.4) is 0 Å². The van der Waals surface area contributed by atoms with Crippen molar-refractivity contribution in [2.24, 2.45) is 0 Å². The summed E-state index contributed by atoms with van der Waals surface area (Å²) in [6.45, 7) is 4.75. The number of hydrogen-bond donors (Lipinski definition) is 0. The lowest BCUT2D eigenvalue weighted by atomic mass is 9.68. The Balaban J connectivity index is 1.30. The van der Waals surface area contributed by atoms with Gasteiger partial charge in [-0.2, -0.15) is 0 Å². The van der Waals surface area contributed by atoms with Gasteiger partial charge in [0.2, 0.25) is 0 Å². The molecule has 0 unspecified atom stereocenters. The molecule has 0 radical (unpaired) electrons. The van der Waals surface area contributed by atoms with E-state index in [1.807, 2.05) is 0 Å². The molecule has 0 bridgehead atoms. The number of benzene rings is 9. The molecule has 0 heterocycles. The smallest absolute Gasteiger partial charge is 0.0159 e. The molecule has 0 atom stereocenters. The van der Waals surface area contributed by atoms with Gasteiger partial charge in [0, 0.05) is 5.41 Å². The molecule has 1 aliphatic rings. The van der Waals surface area contributed by atoms with Crippen molar-refractivity contribution in [3.8, 4) is 33.4 Å². The molecule has 220 valence electrons. The third-order valence-electron chi connectivity index (χ3n) is 10.8. The van der Waals surface area contributed by atoms with Crippen molar-refractivity contribution >= 4 is 53.9 Å². The van der Waals surface area contributed by atoms with Gasteiger partial charge in [0.15, 0.2) is 0 Å². The van der Waals surface area contributed by atoms with Gasteiger partial charge in [0.1, 0.15) is 0 Å². The van der Waals surface area contributed by atoms with E-state index in [0.29, 0.717) is 0 Å². The summed E-state index contributed by atoms with van der Waals surface area (Å²) < 4.78 is 0. The van der Waals surface area contributed by atoms with Crippen LogP contribution >= 0.6 is 0 Å². The average Bonchev–Trinajstić information content (AvgIpc) is 3.12. The maximum absolute atomic E-state index is 2.46. The second-order valence-electron chi connectivity index (χ2n) is 13.7. The van der Waals surface area contributed by atoms with Gasteiger partial charge in [-0.3, -0.25) is 0 Å². The van der Waals surface area contributed by atoms with Gasteiger partial charge in [0.25, 0.3) is 0 Å². The van der Waals surface area contributed by atoms with Crippen LogP contribution < -0.4 is 0 Å². The molecule has 0 fully saturated rings. The molecule has 9 aromatic carbocycles. The molecule has 0 N–H and O–H groups in total. The van der Waals surface area contributed by atoms with Gasteiger partial charge >= 0.3 is 0 Å². The van der Waals surface area contributed by atoms with E-state index in [1.165, 1.54) is 98.4 Å². The molecule has 47 heavy (non-hydrogen) atoms. The Morgan fingerprint density at radius 2 is 0.979 bits per heavy atom. The summed E-state index contributed by atoms with van der Waals surface area (Å²) in [5.41, 5.74) is 10.5. The summed E-state index contributed by atoms with van der Waals surface area (Å²) in [7, 11) is 0. The van der Waals surface area contributed by atoms with Crippen molar-refractivity contribution < 1.29 is 0 Å². The molecule has 0 aliphatic heterocycles. The first-order chi connectivity index (χ1) is 23.1. The lowest BCUT2D eigenvalue weighted by molar-refractivity contribution is 0.645. The second-order valence-corrected chi connectivity index (χ2v) is 13.7. The first-order valence-electron chi connectivity index (χ1n) is 16.6. The van der Waals surface area contributed by atoms with Crippen LogP contribution in [0.5, 0.6) is 0 Å². The Hall–Kier alpha value is -5.72. The monoisotopic (exact) mass is 596 g/mol. The van der Waals surface area contributed by atoms with Gasteiger partial charge < -0.3 is 0 Å². The zero-order valence-corrected chi connectivity index (χ0v) is 26.5. The Morgan fingerprint density at radius 3 is 1.81 bits per heavy atom. The van der Waals surface area contributed by atoms with E-state index in [9.17, 15) is 0 Å². The second kappa shape index (κ2) is 9.64. The fourth-order valence-electron chi connectivity index (χ4n) is 8.61. The molecular formula is C47H32. The first-order valence-corrected chi connectivity index (χ1v) is 16.6. The van der Waals surface area contributed by atoms with E-state index in [2.05, 4.69) is 172 Å². The maximum Gasteiger partial charge on any atom is 0.0159 e. The van der Waals surface area contributed by atoms with Crippen molar-refractivity contribution in [3.63, 3.8) is 0 Å². The van der Waals surface area contributed by atoms with E-state index in [4.69, 9.17) is 0 Å². The Bertz CT molecular complexity index is 2750. The van der Waals surface area contributed by atoms with E-state index in [1.54, 1.807) is 0 Å². The van der Waals surface area contributed by atoms with Crippen LogP contribution in [0, 0.1) is 0 Å². The summed E-state index contributed by atoms with van der Waals surface area (Å²) >= 11 is 0. The largest absolute Gasteiger partial charge is 0.0616 e. The average molecular weight is 597 g/mol. The van der Waals surface area contributed by atoms with Crippen LogP contribution in [0.25, 0.3) is 87.2 Å². The Kier molecular flexibility index (Phi) is 5.44. The van der Waals surface area contributed by atoms with Crippen molar-refractivity contribution in [1.82, 2.24) is 0 Å². The fraction of sp³-hybridized carbons (Fsp3) is 0.0638. The zero-order chi connectivity index (χ0) is 31.3. The summed E-state index contributed by atoms with van der Waals surface area (Å²) in [5.74, 6) is 0. The van der Waals surface area contributed by atoms with Crippen LogP contribution in [0.4, 0.5) is 0 Å². The van der Waals surface area contributed by atoms with Gasteiger partial charge in [-0.05, 0) is 111 Å². The topological polar surface area (TPSA) is 0 Å². The van der Waals surface area contributed by atoms with Gasteiger partial charge in [-0.25, -0.2) is 0 Å². The van der Waals surface area contributed by atoms with E-state index >= 15 is 0 Å². The van der Waals surface area contributed by atoms with Gasteiger partial charge in [0.05, 0.1) is 0 Å². The van der Waals surface area contributed by atoms with E-state index in [-0.39, 0.29) is 5.41 Å². The highest BCUT2D eigenvalue weighted by molar-refractivity contribution is 6.24. The van der Waals surface area contributed by atoms with Crippen LogP contribution in [0.2, 0.25) is 0 Å². The molecule has 0 saturated heterocycles. The molecule has 0 heteroatoms. The molecule has 1 aliphatic carbocycles. The molecule has 0 spiro atoms. The fourth-order valence-corrected chi connectivity index (χ4v) is 8.61. The molecule has 0 aromatic heterocycles. The maximum atomic E-state index is 2.46. The predicted octanol–water partition coefficient (Wildman–Crippen LogP) is 13.1. The van der Waals surface area contributed by atoms with Crippen molar-refractivity contribution in [1.29, 1.82) is 0 Å². The Morgan fingerprint density at radius 1 is 0.340 bits per heavy atom. The molecule has 0 nitrogen and oxygen atoms in total.